The zero-order valence-corrected chi connectivity index (χ0v) is 14.0. The standard InChI is InChI=1S/C16H23N3O4/c1-9-14(16(22)23-4)10(2)17-15(9)12(20)7-19(3)8-13(21)18-11-5-6-11/h11,17H,5-8H2,1-4H3,(H,18,21)/p+1. The van der Waals surface area contributed by atoms with Crippen LogP contribution in [0.15, 0.2) is 0 Å². The molecule has 1 aliphatic carbocycles. The van der Waals surface area contributed by atoms with Gasteiger partial charge in [0.15, 0.2) is 6.54 Å². The predicted molar refractivity (Wildman–Crippen MR) is 83.7 cm³/mol. The number of aryl methyl sites for hydroxylation is 1. The quantitative estimate of drug-likeness (QED) is 0.461. The van der Waals surface area contributed by atoms with Gasteiger partial charge in [0, 0.05) is 11.7 Å². The van der Waals surface area contributed by atoms with Crippen molar-refractivity contribution in [2.45, 2.75) is 32.7 Å². The highest BCUT2D eigenvalue weighted by molar-refractivity contribution is 6.02. The number of ketones is 1. The van der Waals surface area contributed by atoms with E-state index < -0.39 is 5.97 Å². The minimum atomic E-state index is -0.459. The van der Waals surface area contributed by atoms with Crippen LogP contribution in [0, 0.1) is 13.8 Å². The van der Waals surface area contributed by atoms with Gasteiger partial charge < -0.3 is 19.9 Å². The SMILES string of the molecule is COC(=O)c1c(C)[nH]c(C(=O)C[NH+](C)CC(=O)NC2CC2)c1C. The molecule has 23 heavy (non-hydrogen) atoms. The number of hydrogen-bond acceptors (Lipinski definition) is 4. The summed E-state index contributed by atoms with van der Waals surface area (Å²) in [5.74, 6) is -0.621. The van der Waals surface area contributed by atoms with E-state index in [0.717, 1.165) is 17.7 Å². The second-order valence-electron chi connectivity index (χ2n) is 6.19. The van der Waals surface area contributed by atoms with E-state index in [9.17, 15) is 14.4 Å². The molecule has 1 aromatic rings. The van der Waals surface area contributed by atoms with E-state index in [4.69, 9.17) is 4.74 Å². The van der Waals surface area contributed by atoms with Crippen molar-refractivity contribution in [3.05, 3.63) is 22.5 Å². The number of amides is 1. The van der Waals surface area contributed by atoms with Crippen LogP contribution in [-0.4, -0.2) is 55.9 Å². The maximum absolute atomic E-state index is 12.4. The van der Waals surface area contributed by atoms with Gasteiger partial charge in [0.1, 0.15) is 6.54 Å². The van der Waals surface area contributed by atoms with Gasteiger partial charge in [0.25, 0.3) is 5.91 Å². The number of methoxy groups -OCH3 is 1. The Morgan fingerprint density at radius 3 is 2.48 bits per heavy atom. The number of aromatic amines is 1. The smallest absolute Gasteiger partial charge is 0.339 e. The highest BCUT2D eigenvalue weighted by Gasteiger charge is 2.27. The molecule has 1 aliphatic rings. The second-order valence-corrected chi connectivity index (χ2v) is 6.19. The minimum Gasteiger partial charge on any atom is -0.465 e. The third kappa shape index (κ3) is 4.19. The number of Topliss-reactive ketones (excluding diaryl/α,β-unsaturated/α-hetero) is 1. The van der Waals surface area contributed by atoms with E-state index in [2.05, 4.69) is 10.3 Å². The van der Waals surface area contributed by atoms with E-state index >= 15 is 0 Å². The van der Waals surface area contributed by atoms with Crippen LogP contribution in [0.1, 0.15) is 44.9 Å². The molecule has 0 spiro atoms. The minimum absolute atomic E-state index is 0.0348. The first-order valence-corrected chi connectivity index (χ1v) is 7.74. The lowest BCUT2D eigenvalue weighted by Gasteiger charge is -2.12. The molecule has 126 valence electrons. The van der Waals surface area contributed by atoms with Crippen LogP contribution >= 0.6 is 0 Å². The highest BCUT2D eigenvalue weighted by Crippen LogP contribution is 2.19. The van der Waals surface area contributed by atoms with Crippen molar-refractivity contribution in [2.24, 2.45) is 0 Å². The maximum atomic E-state index is 12.4. The first kappa shape index (κ1) is 17.2. The first-order valence-electron chi connectivity index (χ1n) is 7.74. The normalized spacial score (nSPS) is 15.1. The number of esters is 1. The van der Waals surface area contributed by atoms with Crippen molar-refractivity contribution in [1.82, 2.24) is 10.3 Å². The lowest BCUT2D eigenvalue weighted by Crippen LogP contribution is -3.11. The number of hydrogen-bond donors (Lipinski definition) is 3. The summed E-state index contributed by atoms with van der Waals surface area (Å²) < 4.78 is 4.74. The van der Waals surface area contributed by atoms with Crippen LogP contribution in [0.4, 0.5) is 0 Å². The molecular weight excluding hydrogens is 298 g/mol. The Hall–Kier alpha value is -2.15. The average Bonchev–Trinajstić information content (AvgIpc) is 3.22. The summed E-state index contributed by atoms with van der Waals surface area (Å²) in [5.41, 5.74) is 2.02. The molecule has 0 radical (unpaired) electrons. The third-order valence-electron chi connectivity index (χ3n) is 3.97. The van der Waals surface area contributed by atoms with Gasteiger partial charge in [-0.2, -0.15) is 0 Å². The number of carbonyl (C=O) groups is 3. The lowest BCUT2D eigenvalue weighted by molar-refractivity contribution is -0.862. The number of H-pyrrole nitrogens is 1. The fourth-order valence-corrected chi connectivity index (χ4v) is 2.64. The topological polar surface area (TPSA) is 92.7 Å². The fraction of sp³-hybridized carbons (Fsp3) is 0.562. The monoisotopic (exact) mass is 322 g/mol. The van der Waals surface area contributed by atoms with Crippen LogP contribution < -0.4 is 10.2 Å². The van der Waals surface area contributed by atoms with E-state index in [1.165, 1.54) is 7.11 Å². The molecule has 1 aromatic heterocycles. The van der Waals surface area contributed by atoms with Gasteiger partial charge in [-0.25, -0.2) is 4.79 Å². The Morgan fingerprint density at radius 1 is 1.26 bits per heavy atom. The van der Waals surface area contributed by atoms with Crippen molar-refractivity contribution in [3.63, 3.8) is 0 Å². The van der Waals surface area contributed by atoms with Crippen LogP contribution in [0.2, 0.25) is 0 Å². The summed E-state index contributed by atoms with van der Waals surface area (Å²) >= 11 is 0. The van der Waals surface area contributed by atoms with Gasteiger partial charge in [0.05, 0.1) is 25.4 Å². The molecule has 0 aliphatic heterocycles. The van der Waals surface area contributed by atoms with Crippen molar-refractivity contribution >= 4 is 17.7 Å². The largest absolute Gasteiger partial charge is 0.465 e. The fourth-order valence-electron chi connectivity index (χ4n) is 2.64. The van der Waals surface area contributed by atoms with Gasteiger partial charge in [-0.05, 0) is 32.3 Å². The van der Waals surface area contributed by atoms with Crippen LogP contribution in [0.25, 0.3) is 0 Å². The molecular formula is C16H24N3O4+. The molecule has 7 nitrogen and oxygen atoms in total. The molecule has 0 aromatic carbocycles. The number of likely N-dealkylation sites (N-methyl/N-ethyl adjacent to an activating group) is 1. The van der Waals surface area contributed by atoms with E-state index in [1.54, 1.807) is 20.9 Å². The molecule has 1 heterocycles. The number of nitrogens with one attached hydrogen (secondary N) is 3. The van der Waals surface area contributed by atoms with E-state index in [1.807, 2.05) is 0 Å². The van der Waals surface area contributed by atoms with E-state index in [0.29, 0.717) is 28.6 Å². The molecule has 3 N–H and O–H groups in total. The lowest BCUT2D eigenvalue weighted by atomic mass is 10.1. The Labute approximate surface area is 135 Å². The van der Waals surface area contributed by atoms with Crippen LogP contribution in [-0.2, 0) is 9.53 Å². The summed E-state index contributed by atoms with van der Waals surface area (Å²) in [6.07, 6.45) is 2.09. The van der Waals surface area contributed by atoms with Gasteiger partial charge in [-0.1, -0.05) is 0 Å². The number of ether oxygens (including phenoxy) is 1. The molecule has 2 rings (SSSR count). The van der Waals surface area contributed by atoms with Crippen molar-refractivity contribution < 1.29 is 24.0 Å². The summed E-state index contributed by atoms with van der Waals surface area (Å²) in [6, 6.07) is 0.321. The Balaban J connectivity index is 1.99. The number of aromatic nitrogens is 1. The Bertz CT molecular complexity index is 632. The zero-order chi connectivity index (χ0) is 17.1. The van der Waals surface area contributed by atoms with E-state index in [-0.39, 0.29) is 24.8 Å². The van der Waals surface area contributed by atoms with Crippen molar-refractivity contribution in [2.75, 3.05) is 27.2 Å². The molecule has 1 saturated carbocycles. The number of quaternary nitrogens is 1. The van der Waals surface area contributed by atoms with Gasteiger partial charge in [-0.15, -0.1) is 0 Å². The molecule has 0 saturated heterocycles. The predicted octanol–water partition coefficient (Wildman–Crippen LogP) is -0.606. The first-order chi connectivity index (χ1) is 10.8. The number of carbonyl (C=O) groups excluding carboxylic acids is 3. The second kappa shape index (κ2) is 6.95. The molecule has 1 atom stereocenters. The Morgan fingerprint density at radius 2 is 1.91 bits per heavy atom. The van der Waals surface area contributed by atoms with Gasteiger partial charge >= 0.3 is 5.97 Å². The zero-order valence-electron chi connectivity index (χ0n) is 14.0. The van der Waals surface area contributed by atoms with Crippen molar-refractivity contribution in [1.29, 1.82) is 0 Å². The molecule has 1 fully saturated rings. The van der Waals surface area contributed by atoms with Crippen LogP contribution in [0.5, 0.6) is 0 Å². The molecule has 1 amide bonds. The van der Waals surface area contributed by atoms with Gasteiger partial charge in [0.2, 0.25) is 5.78 Å². The van der Waals surface area contributed by atoms with Crippen molar-refractivity contribution in [3.8, 4) is 0 Å². The summed E-state index contributed by atoms with van der Waals surface area (Å²) in [7, 11) is 3.11. The highest BCUT2D eigenvalue weighted by atomic mass is 16.5. The van der Waals surface area contributed by atoms with Crippen LogP contribution in [0.3, 0.4) is 0 Å². The summed E-state index contributed by atoms with van der Waals surface area (Å²) in [6.45, 7) is 3.89. The summed E-state index contributed by atoms with van der Waals surface area (Å²) in [5, 5.41) is 2.90. The Kier molecular flexibility index (Phi) is 5.20. The third-order valence-corrected chi connectivity index (χ3v) is 3.97. The molecule has 7 heteroatoms. The molecule has 1 unspecified atom stereocenters. The maximum Gasteiger partial charge on any atom is 0.339 e. The molecule has 0 bridgehead atoms. The van der Waals surface area contributed by atoms with Gasteiger partial charge in [-0.3, -0.25) is 9.59 Å². The summed E-state index contributed by atoms with van der Waals surface area (Å²) in [4.78, 5) is 39.7. The average molecular weight is 322 g/mol. The number of rotatable bonds is 7.